The van der Waals surface area contributed by atoms with Gasteiger partial charge in [0.05, 0.1) is 4.92 Å². The van der Waals surface area contributed by atoms with Crippen molar-refractivity contribution in [2.75, 3.05) is 12.1 Å². The summed E-state index contributed by atoms with van der Waals surface area (Å²) in [6.45, 7) is 0.158. The third-order valence-electron chi connectivity index (χ3n) is 3.81. The zero-order valence-corrected chi connectivity index (χ0v) is 14.2. The molecule has 1 aliphatic rings. The number of hydrogen-bond donors (Lipinski definition) is 1. The highest BCUT2D eigenvalue weighted by Gasteiger charge is 2.17. The van der Waals surface area contributed by atoms with Gasteiger partial charge in [-0.05, 0) is 42.0 Å². The van der Waals surface area contributed by atoms with Gasteiger partial charge in [-0.25, -0.2) is 0 Å². The number of aromatic nitrogens is 2. The van der Waals surface area contributed by atoms with Crippen molar-refractivity contribution in [2.24, 2.45) is 0 Å². The third kappa shape index (κ3) is 3.65. The number of nitro groups is 1. The molecule has 0 unspecified atom stereocenters. The number of nitrogens with one attached hydrogen (secondary N) is 1. The Hall–Kier alpha value is -4.21. The molecule has 0 spiro atoms. The molecular weight excluding hydrogens is 368 g/mol. The summed E-state index contributed by atoms with van der Waals surface area (Å²) in [5, 5.41) is 20.8. The first-order chi connectivity index (χ1) is 13.6. The number of amides is 1. The first-order valence-electron chi connectivity index (χ1n) is 8.05. The number of rotatable bonds is 5. The number of hydrogen-bond acceptors (Lipinski definition) is 8. The van der Waals surface area contributed by atoms with Crippen molar-refractivity contribution in [3.05, 3.63) is 64.2 Å². The van der Waals surface area contributed by atoms with E-state index in [0.29, 0.717) is 22.6 Å². The number of benzene rings is 2. The number of nitrogens with zero attached hydrogens (tertiary/aromatic N) is 3. The molecule has 1 amide bonds. The molecule has 0 saturated heterocycles. The molecule has 28 heavy (non-hydrogen) atoms. The normalized spacial score (nSPS) is 12.3. The number of carbonyl (C=O) groups excluding carboxylic acids is 1. The van der Waals surface area contributed by atoms with E-state index in [0.717, 1.165) is 0 Å². The highest BCUT2D eigenvalue weighted by molar-refractivity contribution is 6.00. The fourth-order valence-electron chi connectivity index (χ4n) is 2.45. The van der Waals surface area contributed by atoms with E-state index in [4.69, 9.17) is 13.9 Å². The number of anilines is 1. The second-order valence-electron chi connectivity index (χ2n) is 5.65. The van der Waals surface area contributed by atoms with E-state index in [2.05, 4.69) is 15.5 Å². The zero-order chi connectivity index (χ0) is 19.5. The SMILES string of the molecule is O=C(C=Cc1ccc([N+](=O)[O-])cc1)Nc1nnc(-c2ccc3c(c2)OCO3)o1. The van der Waals surface area contributed by atoms with Crippen molar-refractivity contribution in [1.82, 2.24) is 10.2 Å². The van der Waals surface area contributed by atoms with Crippen molar-refractivity contribution in [3.8, 4) is 23.0 Å². The van der Waals surface area contributed by atoms with Crippen LogP contribution in [0, 0.1) is 10.1 Å². The molecule has 0 radical (unpaired) electrons. The maximum atomic E-state index is 12.0. The molecule has 0 aliphatic carbocycles. The molecule has 10 heteroatoms. The highest BCUT2D eigenvalue weighted by Crippen LogP contribution is 2.35. The summed E-state index contributed by atoms with van der Waals surface area (Å²) in [5.41, 5.74) is 1.23. The molecule has 0 bridgehead atoms. The second kappa shape index (κ2) is 7.19. The monoisotopic (exact) mass is 380 g/mol. The maximum Gasteiger partial charge on any atom is 0.322 e. The molecule has 1 aliphatic heterocycles. The van der Waals surface area contributed by atoms with Gasteiger partial charge >= 0.3 is 6.01 Å². The Kier molecular flexibility index (Phi) is 4.42. The van der Waals surface area contributed by atoms with Gasteiger partial charge in [0.2, 0.25) is 12.7 Å². The van der Waals surface area contributed by atoms with Crippen LogP contribution in [0.5, 0.6) is 11.5 Å². The Morgan fingerprint density at radius 2 is 1.89 bits per heavy atom. The Labute approximate surface area is 157 Å². The number of nitro benzene ring substituents is 1. The van der Waals surface area contributed by atoms with Crippen molar-refractivity contribution >= 4 is 23.7 Å². The largest absolute Gasteiger partial charge is 0.454 e. The molecule has 1 aromatic heterocycles. The minimum atomic E-state index is -0.493. The minimum Gasteiger partial charge on any atom is -0.454 e. The summed E-state index contributed by atoms with van der Waals surface area (Å²) in [6.07, 6.45) is 2.76. The van der Waals surface area contributed by atoms with Gasteiger partial charge in [-0.3, -0.25) is 20.2 Å². The van der Waals surface area contributed by atoms with Gasteiger partial charge < -0.3 is 13.9 Å². The van der Waals surface area contributed by atoms with Crippen LogP contribution in [0.1, 0.15) is 5.56 Å². The molecule has 4 rings (SSSR count). The van der Waals surface area contributed by atoms with E-state index in [1.165, 1.54) is 36.4 Å². The predicted octanol–water partition coefficient (Wildman–Crippen LogP) is 3.03. The van der Waals surface area contributed by atoms with E-state index in [1.54, 1.807) is 18.2 Å². The average Bonchev–Trinajstić information content (AvgIpc) is 3.35. The number of fused-ring (bicyclic) bond motifs is 1. The van der Waals surface area contributed by atoms with Crippen molar-refractivity contribution in [1.29, 1.82) is 0 Å². The van der Waals surface area contributed by atoms with Crippen LogP contribution in [0.2, 0.25) is 0 Å². The van der Waals surface area contributed by atoms with Crippen molar-refractivity contribution in [3.63, 3.8) is 0 Å². The number of ether oxygens (including phenoxy) is 2. The number of carbonyl (C=O) groups is 1. The Balaban J connectivity index is 1.40. The molecular formula is C18H12N4O6. The molecule has 0 fully saturated rings. The molecule has 1 N–H and O–H groups in total. The summed E-state index contributed by atoms with van der Waals surface area (Å²) in [5.74, 6) is 0.938. The van der Waals surface area contributed by atoms with Gasteiger partial charge in [0, 0.05) is 23.8 Å². The van der Waals surface area contributed by atoms with Gasteiger partial charge in [0.25, 0.3) is 11.6 Å². The maximum absolute atomic E-state index is 12.0. The Morgan fingerprint density at radius 3 is 2.68 bits per heavy atom. The quantitative estimate of drug-likeness (QED) is 0.406. The lowest BCUT2D eigenvalue weighted by molar-refractivity contribution is -0.384. The van der Waals surface area contributed by atoms with E-state index in [9.17, 15) is 14.9 Å². The predicted molar refractivity (Wildman–Crippen MR) is 96.6 cm³/mol. The fourth-order valence-corrected chi connectivity index (χ4v) is 2.45. The topological polar surface area (TPSA) is 130 Å². The van der Waals surface area contributed by atoms with Crippen LogP contribution >= 0.6 is 0 Å². The molecule has 0 saturated carbocycles. The van der Waals surface area contributed by atoms with Gasteiger partial charge in [-0.1, -0.05) is 5.10 Å². The molecule has 2 aromatic carbocycles. The van der Waals surface area contributed by atoms with Crippen molar-refractivity contribution < 1.29 is 23.6 Å². The Bertz CT molecular complexity index is 1070. The summed E-state index contributed by atoms with van der Waals surface area (Å²) in [6, 6.07) is 10.9. The molecule has 2 heterocycles. The van der Waals surface area contributed by atoms with E-state index < -0.39 is 10.8 Å². The molecule has 3 aromatic rings. The number of non-ortho nitro benzene ring substituents is 1. The molecule has 0 atom stereocenters. The first kappa shape index (κ1) is 17.2. The lowest BCUT2D eigenvalue weighted by Gasteiger charge is -1.98. The van der Waals surface area contributed by atoms with Crippen LogP contribution in [-0.4, -0.2) is 27.8 Å². The summed E-state index contributed by atoms with van der Waals surface area (Å²) in [4.78, 5) is 22.1. The molecule has 140 valence electrons. The van der Waals surface area contributed by atoms with Gasteiger partial charge in [0.15, 0.2) is 11.5 Å². The van der Waals surface area contributed by atoms with E-state index >= 15 is 0 Å². The zero-order valence-electron chi connectivity index (χ0n) is 14.2. The van der Waals surface area contributed by atoms with E-state index in [-0.39, 0.29) is 24.4 Å². The van der Waals surface area contributed by atoms with Crippen LogP contribution in [0.15, 0.2) is 53.0 Å². The standard InChI is InChI=1S/C18H12N4O6/c23-16(8-3-11-1-5-13(6-2-11)22(24)25)19-18-21-20-17(28-18)12-4-7-14-15(9-12)27-10-26-14/h1-9H,10H2,(H,19,21,23). The van der Waals surface area contributed by atoms with Crippen LogP contribution in [-0.2, 0) is 4.79 Å². The van der Waals surface area contributed by atoms with Crippen LogP contribution in [0.4, 0.5) is 11.7 Å². The summed E-state index contributed by atoms with van der Waals surface area (Å²) < 4.78 is 16.0. The van der Waals surface area contributed by atoms with Crippen LogP contribution < -0.4 is 14.8 Å². The smallest absolute Gasteiger partial charge is 0.322 e. The van der Waals surface area contributed by atoms with E-state index in [1.807, 2.05) is 0 Å². The fraction of sp³-hybridized carbons (Fsp3) is 0.0556. The van der Waals surface area contributed by atoms with Gasteiger partial charge in [-0.2, -0.15) is 0 Å². The average molecular weight is 380 g/mol. The lowest BCUT2D eigenvalue weighted by atomic mass is 10.2. The van der Waals surface area contributed by atoms with Crippen LogP contribution in [0.3, 0.4) is 0 Å². The minimum absolute atomic E-state index is 0.0245. The first-order valence-corrected chi connectivity index (χ1v) is 8.05. The van der Waals surface area contributed by atoms with Crippen LogP contribution in [0.25, 0.3) is 17.5 Å². The summed E-state index contributed by atoms with van der Waals surface area (Å²) in [7, 11) is 0. The summed E-state index contributed by atoms with van der Waals surface area (Å²) >= 11 is 0. The van der Waals surface area contributed by atoms with Crippen molar-refractivity contribution in [2.45, 2.75) is 0 Å². The van der Waals surface area contributed by atoms with Gasteiger partial charge in [0.1, 0.15) is 0 Å². The molecule has 10 nitrogen and oxygen atoms in total. The highest BCUT2D eigenvalue weighted by atomic mass is 16.7. The Morgan fingerprint density at radius 1 is 1.11 bits per heavy atom. The van der Waals surface area contributed by atoms with Gasteiger partial charge in [-0.15, -0.1) is 5.10 Å². The lowest BCUT2D eigenvalue weighted by Crippen LogP contribution is -2.07. The third-order valence-corrected chi connectivity index (χ3v) is 3.81. The second-order valence-corrected chi connectivity index (χ2v) is 5.65.